The Morgan fingerprint density at radius 2 is 2.27 bits per heavy atom. The fourth-order valence-electron chi connectivity index (χ4n) is 2.95. The number of esters is 1. The maximum absolute atomic E-state index is 12.1. The Bertz CT molecular complexity index is 676. The molecule has 0 unspecified atom stereocenters. The number of benzene rings is 1. The predicted molar refractivity (Wildman–Crippen MR) is 84.6 cm³/mol. The molecular formula is C17H17ClN2O2. The molecule has 1 N–H and O–H groups in total. The van der Waals surface area contributed by atoms with Crippen LogP contribution in [0.15, 0.2) is 42.7 Å². The fourth-order valence-corrected chi connectivity index (χ4v) is 3.23. The number of hydrogen-bond acceptors (Lipinski definition) is 4. The molecule has 0 saturated carbocycles. The van der Waals surface area contributed by atoms with Crippen molar-refractivity contribution < 1.29 is 9.53 Å². The Kier molecular flexibility index (Phi) is 4.41. The molecule has 3 rings (SSSR count). The van der Waals surface area contributed by atoms with Crippen molar-refractivity contribution in [3.05, 3.63) is 64.4 Å². The summed E-state index contributed by atoms with van der Waals surface area (Å²) in [5.74, 6) is -0.316. The average molecular weight is 317 g/mol. The first-order valence-corrected chi connectivity index (χ1v) is 7.59. The van der Waals surface area contributed by atoms with Crippen molar-refractivity contribution in [3.63, 3.8) is 0 Å². The molecule has 5 heteroatoms. The second-order valence-corrected chi connectivity index (χ2v) is 5.72. The number of methoxy groups -OCH3 is 1. The van der Waals surface area contributed by atoms with Gasteiger partial charge in [-0.15, -0.1) is 0 Å². The summed E-state index contributed by atoms with van der Waals surface area (Å²) >= 11 is 6.25. The van der Waals surface area contributed by atoms with Gasteiger partial charge in [0, 0.05) is 23.5 Å². The third kappa shape index (κ3) is 2.85. The van der Waals surface area contributed by atoms with Crippen LogP contribution in [0.4, 0.5) is 0 Å². The van der Waals surface area contributed by atoms with Crippen molar-refractivity contribution in [1.82, 2.24) is 10.3 Å². The first kappa shape index (κ1) is 15.0. The summed E-state index contributed by atoms with van der Waals surface area (Å²) in [4.78, 5) is 16.2. The van der Waals surface area contributed by atoms with E-state index in [-0.39, 0.29) is 12.0 Å². The minimum absolute atomic E-state index is 0.0815. The largest absolute Gasteiger partial charge is 0.468 e. The van der Waals surface area contributed by atoms with E-state index in [1.54, 1.807) is 12.4 Å². The summed E-state index contributed by atoms with van der Waals surface area (Å²) in [5, 5.41) is 4.18. The van der Waals surface area contributed by atoms with Crippen LogP contribution in [0.25, 0.3) is 0 Å². The van der Waals surface area contributed by atoms with E-state index in [1.807, 2.05) is 24.3 Å². The van der Waals surface area contributed by atoms with Gasteiger partial charge in [-0.05, 0) is 41.7 Å². The number of carbonyl (C=O) groups excluding carboxylic acids is 1. The van der Waals surface area contributed by atoms with Crippen LogP contribution in [0.2, 0.25) is 5.02 Å². The van der Waals surface area contributed by atoms with Crippen molar-refractivity contribution in [2.45, 2.75) is 24.9 Å². The highest BCUT2D eigenvalue weighted by molar-refractivity contribution is 6.31. The molecule has 0 radical (unpaired) electrons. The van der Waals surface area contributed by atoms with Crippen molar-refractivity contribution in [3.8, 4) is 0 Å². The summed E-state index contributed by atoms with van der Waals surface area (Å²) in [6.45, 7) is 0. The van der Waals surface area contributed by atoms with Gasteiger partial charge in [0.2, 0.25) is 0 Å². The van der Waals surface area contributed by atoms with E-state index in [0.717, 1.165) is 34.6 Å². The second-order valence-electron chi connectivity index (χ2n) is 5.31. The van der Waals surface area contributed by atoms with Gasteiger partial charge in [-0.25, -0.2) is 4.79 Å². The van der Waals surface area contributed by atoms with Crippen LogP contribution in [0.5, 0.6) is 0 Å². The lowest BCUT2D eigenvalue weighted by Crippen LogP contribution is -2.32. The predicted octanol–water partition coefficient (Wildman–Crippen LogP) is 3.23. The molecule has 114 valence electrons. The molecule has 0 spiro atoms. The normalized spacial score (nSPS) is 17.8. The molecule has 0 aliphatic heterocycles. The smallest absolute Gasteiger partial charge is 0.327 e. The lowest BCUT2D eigenvalue weighted by Gasteiger charge is -2.22. The van der Waals surface area contributed by atoms with Gasteiger partial charge < -0.3 is 4.74 Å². The summed E-state index contributed by atoms with van der Waals surface area (Å²) in [6, 6.07) is 9.14. The SMILES string of the molecule is COC(=O)[C@@H](N[C@H]1CCc2c(Cl)cccc21)c1cccnc1. The Morgan fingerprint density at radius 3 is 3.00 bits per heavy atom. The first-order valence-electron chi connectivity index (χ1n) is 7.22. The van der Waals surface area contributed by atoms with Crippen molar-refractivity contribution in [1.29, 1.82) is 0 Å². The first-order chi connectivity index (χ1) is 10.7. The molecule has 0 fully saturated rings. The van der Waals surface area contributed by atoms with Crippen molar-refractivity contribution in [2.24, 2.45) is 0 Å². The highest BCUT2D eigenvalue weighted by atomic mass is 35.5. The summed E-state index contributed by atoms with van der Waals surface area (Å²) in [7, 11) is 1.40. The van der Waals surface area contributed by atoms with E-state index >= 15 is 0 Å². The molecule has 0 saturated heterocycles. The third-order valence-corrected chi connectivity index (χ3v) is 4.39. The zero-order valence-corrected chi connectivity index (χ0v) is 13.0. The van der Waals surface area contributed by atoms with Crippen LogP contribution in [-0.4, -0.2) is 18.1 Å². The van der Waals surface area contributed by atoms with E-state index in [4.69, 9.17) is 16.3 Å². The minimum Gasteiger partial charge on any atom is -0.468 e. The topological polar surface area (TPSA) is 51.2 Å². The third-order valence-electron chi connectivity index (χ3n) is 4.04. The molecule has 4 nitrogen and oxygen atoms in total. The van der Waals surface area contributed by atoms with Crippen molar-refractivity contribution in [2.75, 3.05) is 7.11 Å². The summed E-state index contributed by atoms with van der Waals surface area (Å²) in [6.07, 6.45) is 5.19. The zero-order chi connectivity index (χ0) is 15.5. The van der Waals surface area contributed by atoms with Crippen LogP contribution < -0.4 is 5.32 Å². The Morgan fingerprint density at radius 1 is 1.41 bits per heavy atom. The molecule has 1 aromatic heterocycles. The number of nitrogens with zero attached hydrogens (tertiary/aromatic N) is 1. The number of pyridine rings is 1. The molecule has 2 aromatic rings. The fraction of sp³-hybridized carbons (Fsp3) is 0.294. The molecule has 22 heavy (non-hydrogen) atoms. The van der Waals surface area contributed by atoms with Crippen LogP contribution in [0.3, 0.4) is 0 Å². The van der Waals surface area contributed by atoms with Crippen LogP contribution in [-0.2, 0) is 16.0 Å². The number of rotatable bonds is 4. The number of nitrogens with one attached hydrogen (secondary N) is 1. The van der Waals surface area contributed by atoms with Gasteiger partial charge in [-0.3, -0.25) is 10.3 Å². The van der Waals surface area contributed by atoms with E-state index in [1.165, 1.54) is 7.11 Å². The molecule has 0 amide bonds. The molecule has 1 heterocycles. The van der Waals surface area contributed by atoms with Gasteiger partial charge in [-0.2, -0.15) is 0 Å². The van der Waals surface area contributed by atoms with E-state index in [0.29, 0.717) is 0 Å². The molecular weight excluding hydrogens is 300 g/mol. The quantitative estimate of drug-likeness (QED) is 0.880. The Labute approximate surface area is 134 Å². The minimum atomic E-state index is -0.534. The average Bonchev–Trinajstić information content (AvgIpc) is 2.97. The van der Waals surface area contributed by atoms with Crippen LogP contribution >= 0.6 is 11.6 Å². The highest BCUT2D eigenvalue weighted by Crippen LogP contribution is 2.36. The lowest BCUT2D eigenvalue weighted by molar-refractivity contribution is -0.143. The van der Waals surface area contributed by atoms with Gasteiger partial charge in [-0.1, -0.05) is 29.8 Å². The number of carbonyl (C=O) groups is 1. The van der Waals surface area contributed by atoms with E-state index in [2.05, 4.69) is 16.4 Å². The number of fused-ring (bicyclic) bond motifs is 1. The van der Waals surface area contributed by atoms with E-state index in [9.17, 15) is 4.79 Å². The summed E-state index contributed by atoms with van der Waals surface area (Å²) in [5.41, 5.74) is 3.12. The number of hydrogen-bond donors (Lipinski definition) is 1. The standard InChI is InChI=1S/C17H17ClN2O2/c1-22-17(21)16(11-4-3-9-19-10-11)20-15-8-7-12-13(15)5-2-6-14(12)18/h2-6,9-10,15-16,20H,7-8H2,1H3/t15-,16-/m0/s1. The summed E-state index contributed by atoms with van der Waals surface area (Å²) < 4.78 is 4.93. The van der Waals surface area contributed by atoms with Crippen LogP contribution in [0.1, 0.15) is 35.2 Å². The molecule has 0 bridgehead atoms. The van der Waals surface area contributed by atoms with Gasteiger partial charge in [0.25, 0.3) is 0 Å². The molecule has 1 aliphatic rings. The maximum Gasteiger partial charge on any atom is 0.327 e. The monoisotopic (exact) mass is 316 g/mol. The Balaban J connectivity index is 1.87. The number of halogens is 1. The molecule has 1 aromatic carbocycles. The number of aromatic nitrogens is 1. The van der Waals surface area contributed by atoms with Gasteiger partial charge >= 0.3 is 5.97 Å². The molecule has 1 aliphatic carbocycles. The number of ether oxygens (including phenoxy) is 1. The highest BCUT2D eigenvalue weighted by Gasteiger charge is 2.30. The Hall–Kier alpha value is -1.91. The van der Waals surface area contributed by atoms with Crippen molar-refractivity contribution >= 4 is 17.6 Å². The lowest BCUT2D eigenvalue weighted by atomic mass is 10.0. The zero-order valence-electron chi connectivity index (χ0n) is 12.3. The molecule has 2 atom stereocenters. The second kappa shape index (κ2) is 6.46. The van der Waals surface area contributed by atoms with Gasteiger partial charge in [0.05, 0.1) is 7.11 Å². The van der Waals surface area contributed by atoms with Gasteiger partial charge in [0.15, 0.2) is 0 Å². The van der Waals surface area contributed by atoms with Crippen LogP contribution in [0, 0.1) is 0 Å². The van der Waals surface area contributed by atoms with Gasteiger partial charge in [0.1, 0.15) is 6.04 Å². The maximum atomic E-state index is 12.1. The van der Waals surface area contributed by atoms with E-state index < -0.39 is 6.04 Å².